The van der Waals surface area contributed by atoms with E-state index in [1.165, 1.54) is 6.07 Å². The van der Waals surface area contributed by atoms with Crippen LogP contribution in [-0.2, 0) is 0 Å². The summed E-state index contributed by atoms with van der Waals surface area (Å²) in [5.74, 6) is -3.33. The van der Waals surface area contributed by atoms with Gasteiger partial charge in [-0.25, -0.2) is 13.2 Å². The van der Waals surface area contributed by atoms with Gasteiger partial charge in [-0.15, -0.1) is 0 Å². The first-order chi connectivity index (χ1) is 8.49. The number of nitrogen functional groups attached to an aromatic ring is 1. The molecule has 2 rings (SSSR count). The molecule has 0 atom stereocenters. The zero-order valence-electron chi connectivity index (χ0n) is 9.08. The second-order valence-electron chi connectivity index (χ2n) is 3.69. The SMILES string of the molecule is Nc1cc(F)ccc1C(=O)c1ccc(F)c(F)c1. The molecule has 0 bridgehead atoms. The van der Waals surface area contributed by atoms with Crippen molar-refractivity contribution in [1.29, 1.82) is 0 Å². The largest absolute Gasteiger partial charge is 0.398 e. The van der Waals surface area contributed by atoms with Crippen LogP contribution in [0.5, 0.6) is 0 Å². The first-order valence-corrected chi connectivity index (χ1v) is 5.04. The molecular formula is C13H8F3NO. The molecule has 5 heteroatoms. The van der Waals surface area contributed by atoms with Gasteiger partial charge in [0.1, 0.15) is 5.82 Å². The maximum absolute atomic E-state index is 13.0. The van der Waals surface area contributed by atoms with Gasteiger partial charge >= 0.3 is 0 Å². The van der Waals surface area contributed by atoms with E-state index in [1.54, 1.807) is 0 Å². The number of carbonyl (C=O) groups is 1. The number of anilines is 1. The Bertz CT molecular complexity index is 626. The monoisotopic (exact) mass is 251 g/mol. The molecular weight excluding hydrogens is 243 g/mol. The summed E-state index contributed by atoms with van der Waals surface area (Å²) in [5.41, 5.74) is 5.44. The Morgan fingerprint density at radius 1 is 0.944 bits per heavy atom. The highest BCUT2D eigenvalue weighted by Gasteiger charge is 2.14. The van der Waals surface area contributed by atoms with Crippen LogP contribution in [-0.4, -0.2) is 5.78 Å². The first-order valence-electron chi connectivity index (χ1n) is 5.04. The average molecular weight is 251 g/mol. The molecule has 0 heterocycles. The van der Waals surface area contributed by atoms with Crippen molar-refractivity contribution in [2.45, 2.75) is 0 Å². The number of halogens is 3. The highest BCUT2D eigenvalue weighted by atomic mass is 19.2. The van der Waals surface area contributed by atoms with E-state index in [-0.39, 0.29) is 16.8 Å². The van der Waals surface area contributed by atoms with E-state index in [0.29, 0.717) is 0 Å². The minimum atomic E-state index is -1.12. The predicted molar refractivity (Wildman–Crippen MR) is 60.6 cm³/mol. The first kappa shape index (κ1) is 12.2. The van der Waals surface area contributed by atoms with E-state index in [0.717, 1.165) is 30.3 Å². The summed E-state index contributed by atoms with van der Waals surface area (Å²) in [6, 6.07) is 6.04. The summed E-state index contributed by atoms with van der Waals surface area (Å²) in [7, 11) is 0. The topological polar surface area (TPSA) is 43.1 Å². The van der Waals surface area contributed by atoms with Crippen LogP contribution in [0.15, 0.2) is 36.4 Å². The third-order valence-electron chi connectivity index (χ3n) is 2.44. The molecule has 18 heavy (non-hydrogen) atoms. The Morgan fingerprint density at radius 3 is 2.28 bits per heavy atom. The van der Waals surface area contributed by atoms with Crippen LogP contribution in [0.1, 0.15) is 15.9 Å². The third-order valence-corrected chi connectivity index (χ3v) is 2.44. The smallest absolute Gasteiger partial charge is 0.195 e. The fraction of sp³-hybridized carbons (Fsp3) is 0. The normalized spacial score (nSPS) is 10.4. The molecule has 0 saturated heterocycles. The van der Waals surface area contributed by atoms with Crippen molar-refractivity contribution in [3.8, 4) is 0 Å². The average Bonchev–Trinajstić information content (AvgIpc) is 2.32. The van der Waals surface area contributed by atoms with Gasteiger partial charge in [-0.2, -0.15) is 0 Å². The van der Waals surface area contributed by atoms with E-state index < -0.39 is 23.2 Å². The molecule has 0 unspecified atom stereocenters. The maximum atomic E-state index is 13.0. The van der Waals surface area contributed by atoms with Crippen LogP contribution in [0.2, 0.25) is 0 Å². The van der Waals surface area contributed by atoms with E-state index >= 15 is 0 Å². The number of hydrogen-bond donors (Lipinski definition) is 1. The Kier molecular flexibility index (Phi) is 3.06. The summed E-state index contributed by atoms with van der Waals surface area (Å²) < 4.78 is 38.6. The Labute approximate surface area is 101 Å². The zero-order valence-corrected chi connectivity index (χ0v) is 9.08. The Hall–Kier alpha value is -2.30. The number of hydrogen-bond acceptors (Lipinski definition) is 2. The summed E-state index contributed by atoms with van der Waals surface area (Å²) in [4.78, 5) is 12.0. The minimum Gasteiger partial charge on any atom is -0.398 e. The molecule has 2 aromatic rings. The lowest BCUT2D eigenvalue weighted by Gasteiger charge is -2.05. The maximum Gasteiger partial charge on any atom is 0.195 e. The molecule has 0 saturated carbocycles. The molecule has 0 spiro atoms. The summed E-state index contributed by atoms with van der Waals surface area (Å²) in [6.07, 6.45) is 0. The molecule has 92 valence electrons. The second kappa shape index (κ2) is 4.52. The molecule has 2 N–H and O–H groups in total. The van der Waals surface area contributed by atoms with Crippen molar-refractivity contribution in [2.75, 3.05) is 5.73 Å². The van der Waals surface area contributed by atoms with E-state index in [9.17, 15) is 18.0 Å². The van der Waals surface area contributed by atoms with Gasteiger partial charge in [-0.05, 0) is 36.4 Å². The lowest BCUT2D eigenvalue weighted by atomic mass is 10.0. The predicted octanol–water partition coefficient (Wildman–Crippen LogP) is 2.92. The van der Waals surface area contributed by atoms with Crippen molar-refractivity contribution in [2.24, 2.45) is 0 Å². The van der Waals surface area contributed by atoms with Crippen LogP contribution in [0.3, 0.4) is 0 Å². The van der Waals surface area contributed by atoms with Crippen LogP contribution < -0.4 is 5.73 Å². The molecule has 0 aromatic heterocycles. The van der Waals surface area contributed by atoms with Gasteiger partial charge in [-0.1, -0.05) is 0 Å². The summed E-state index contributed by atoms with van der Waals surface area (Å²) >= 11 is 0. The minimum absolute atomic E-state index is 0.0439. The number of benzene rings is 2. The second-order valence-corrected chi connectivity index (χ2v) is 3.69. The Balaban J connectivity index is 2.44. The molecule has 0 aliphatic heterocycles. The standard InChI is InChI=1S/C13H8F3NO/c14-8-2-3-9(12(17)6-8)13(18)7-1-4-10(15)11(16)5-7/h1-6H,17H2. The van der Waals surface area contributed by atoms with Crippen molar-refractivity contribution in [3.05, 3.63) is 65.0 Å². The Morgan fingerprint density at radius 2 is 1.67 bits per heavy atom. The van der Waals surface area contributed by atoms with Crippen molar-refractivity contribution in [3.63, 3.8) is 0 Å². The fourth-order valence-corrected chi connectivity index (χ4v) is 1.53. The number of carbonyl (C=O) groups excluding carboxylic acids is 1. The lowest BCUT2D eigenvalue weighted by molar-refractivity contribution is 0.103. The number of rotatable bonds is 2. The van der Waals surface area contributed by atoms with Crippen LogP contribution in [0.25, 0.3) is 0 Å². The van der Waals surface area contributed by atoms with Crippen LogP contribution in [0.4, 0.5) is 18.9 Å². The van der Waals surface area contributed by atoms with Crippen LogP contribution in [0, 0.1) is 17.5 Å². The van der Waals surface area contributed by atoms with Crippen molar-refractivity contribution >= 4 is 11.5 Å². The van der Waals surface area contributed by atoms with E-state index in [1.807, 2.05) is 0 Å². The van der Waals surface area contributed by atoms with Crippen molar-refractivity contribution < 1.29 is 18.0 Å². The molecule has 2 aromatic carbocycles. The highest BCUT2D eigenvalue weighted by Crippen LogP contribution is 2.19. The van der Waals surface area contributed by atoms with Gasteiger partial charge in [0.2, 0.25) is 0 Å². The van der Waals surface area contributed by atoms with Gasteiger partial charge in [0, 0.05) is 16.8 Å². The van der Waals surface area contributed by atoms with Gasteiger partial charge < -0.3 is 5.73 Å². The van der Waals surface area contributed by atoms with Gasteiger partial charge in [0.05, 0.1) is 0 Å². The fourth-order valence-electron chi connectivity index (χ4n) is 1.53. The zero-order chi connectivity index (χ0) is 13.3. The highest BCUT2D eigenvalue weighted by molar-refractivity contribution is 6.12. The van der Waals surface area contributed by atoms with E-state index in [2.05, 4.69) is 0 Å². The van der Waals surface area contributed by atoms with Crippen molar-refractivity contribution in [1.82, 2.24) is 0 Å². The van der Waals surface area contributed by atoms with Gasteiger partial charge in [0.15, 0.2) is 17.4 Å². The molecule has 0 aliphatic rings. The quantitative estimate of drug-likeness (QED) is 0.658. The molecule has 0 amide bonds. The molecule has 0 aliphatic carbocycles. The molecule has 0 radical (unpaired) electrons. The number of ketones is 1. The third kappa shape index (κ3) is 2.20. The molecule has 2 nitrogen and oxygen atoms in total. The number of nitrogens with two attached hydrogens (primary N) is 1. The lowest BCUT2D eigenvalue weighted by Crippen LogP contribution is -2.06. The van der Waals surface area contributed by atoms with Crippen LogP contribution >= 0.6 is 0 Å². The van der Waals surface area contributed by atoms with Gasteiger partial charge in [0.25, 0.3) is 0 Å². The summed E-state index contributed by atoms with van der Waals surface area (Å²) in [6.45, 7) is 0. The van der Waals surface area contributed by atoms with Gasteiger partial charge in [-0.3, -0.25) is 4.79 Å². The van der Waals surface area contributed by atoms with E-state index in [4.69, 9.17) is 5.73 Å². The molecule has 0 fully saturated rings. The summed E-state index contributed by atoms with van der Waals surface area (Å²) in [5, 5.41) is 0.